The second-order valence-electron chi connectivity index (χ2n) is 3.72. The molecular weight excluding hydrogens is 188 g/mol. The van der Waals surface area contributed by atoms with E-state index in [0.717, 1.165) is 30.8 Å². The number of nitrogens with zero attached hydrogens (tertiary/aromatic N) is 1. The molecule has 0 spiro atoms. The molecule has 1 aromatic carbocycles. The van der Waals surface area contributed by atoms with Crippen molar-refractivity contribution in [3.8, 4) is 0 Å². The summed E-state index contributed by atoms with van der Waals surface area (Å²) in [5, 5.41) is 12.6. The first-order chi connectivity index (χ1) is 7.40. The number of hydrogen-bond acceptors (Lipinski definition) is 3. The highest BCUT2D eigenvalue weighted by Gasteiger charge is 2.13. The summed E-state index contributed by atoms with van der Waals surface area (Å²) in [5.74, 6) is 1.03. The summed E-state index contributed by atoms with van der Waals surface area (Å²) < 4.78 is 0. The fourth-order valence-corrected chi connectivity index (χ4v) is 1.78. The van der Waals surface area contributed by atoms with Gasteiger partial charge in [0.2, 0.25) is 0 Å². The fraction of sp³-hybridized carbons (Fsp3) is 0.417. The number of aliphatic hydroxyl groups excluding tert-OH is 1. The molecule has 1 atom stereocenters. The van der Waals surface area contributed by atoms with Crippen LogP contribution < -0.4 is 5.32 Å². The van der Waals surface area contributed by atoms with Crippen molar-refractivity contribution in [3.63, 3.8) is 0 Å². The van der Waals surface area contributed by atoms with Crippen LogP contribution in [-0.4, -0.2) is 24.1 Å². The summed E-state index contributed by atoms with van der Waals surface area (Å²) in [5.41, 5.74) is 1.11. The number of hydrogen-bond donors (Lipinski definition) is 2. The van der Waals surface area contributed by atoms with Crippen LogP contribution in [0, 0.1) is 0 Å². The third kappa shape index (κ3) is 2.57. The molecule has 0 amide bonds. The second-order valence-corrected chi connectivity index (χ2v) is 3.72. The van der Waals surface area contributed by atoms with E-state index >= 15 is 0 Å². The normalized spacial score (nSPS) is 17.3. The van der Waals surface area contributed by atoms with Gasteiger partial charge in [-0.25, -0.2) is 0 Å². The molecule has 1 heterocycles. The number of aliphatic hydroxyl groups is 1. The van der Waals surface area contributed by atoms with Crippen molar-refractivity contribution >= 4 is 5.84 Å². The molecule has 1 aliphatic rings. The van der Waals surface area contributed by atoms with Gasteiger partial charge >= 0.3 is 0 Å². The molecular formula is C12H16N2O. The van der Waals surface area contributed by atoms with Crippen LogP contribution in [-0.2, 0) is 0 Å². The molecule has 0 radical (unpaired) electrons. The molecule has 2 N–H and O–H groups in total. The number of nitrogens with one attached hydrogen (secondary N) is 1. The highest BCUT2D eigenvalue weighted by molar-refractivity contribution is 5.83. The van der Waals surface area contributed by atoms with Crippen LogP contribution in [0.1, 0.15) is 24.4 Å². The Labute approximate surface area is 89.9 Å². The number of rotatable bonds is 3. The van der Waals surface area contributed by atoms with Crippen LogP contribution in [0.25, 0.3) is 0 Å². The van der Waals surface area contributed by atoms with Gasteiger partial charge in [0, 0.05) is 13.0 Å². The largest absolute Gasteiger partial charge is 0.394 e. The van der Waals surface area contributed by atoms with E-state index < -0.39 is 0 Å². The Bertz CT molecular complexity index is 335. The number of benzene rings is 1. The molecule has 0 saturated heterocycles. The lowest BCUT2D eigenvalue weighted by Crippen LogP contribution is -2.29. The van der Waals surface area contributed by atoms with Crippen molar-refractivity contribution in [1.82, 2.24) is 5.32 Å². The van der Waals surface area contributed by atoms with Crippen LogP contribution in [0.2, 0.25) is 0 Å². The van der Waals surface area contributed by atoms with Crippen molar-refractivity contribution in [3.05, 3.63) is 35.9 Å². The molecule has 15 heavy (non-hydrogen) atoms. The van der Waals surface area contributed by atoms with Crippen LogP contribution in [0.15, 0.2) is 35.3 Å². The van der Waals surface area contributed by atoms with Gasteiger partial charge in [0.05, 0.1) is 18.5 Å². The Kier molecular flexibility index (Phi) is 3.35. The molecule has 0 saturated carbocycles. The van der Waals surface area contributed by atoms with E-state index in [0.29, 0.717) is 0 Å². The van der Waals surface area contributed by atoms with E-state index in [1.807, 2.05) is 30.3 Å². The Morgan fingerprint density at radius 2 is 2.13 bits per heavy atom. The van der Waals surface area contributed by atoms with Gasteiger partial charge < -0.3 is 10.4 Å². The van der Waals surface area contributed by atoms with E-state index in [4.69, 9.17) is 0 Å². The maximum absolute atomic E-state index is 9.32. The van der Waals surface area contributed by atoms with Gasteiger partial charge in [-0.1, -0.05) is 30.3 Å². The molecule has 3 heteroatoms. The van der Waals surface area contributed by atoms with Gasteiger partial charge in [-0.15, -0.1) is 0 Å². The minimum Gasteiger partial charge on any atom is -0.394 e. The lowest BCUT2D eigenvalue weighted by Gasteiger charge is -2.17. The first-order valence-electron chi connectivity index (χ1n) is 5.36. The fourth-order valence-electron chi connectivity index (χ4n) is 1.78. The van der Waals surface area contributed by atoms with Crippen molar-refractivity contribution < 1.29 is 5.11 Å². The van der Waals surface area contributed by atoms with E-state index in [1.165, 1.54) is 0 Å². The molecule has 1 unspecified atom stereocenters. The smallest absolute Gasteiger partial charge is 0.0969 e. The first-order valence-corrected chi connectivity index (χ1v) is 5.36. The van der Waals surface area contributed by atoms with Gasteiger partial charge in [-0.2, -0.15) is 0 Å². The van der Waals surface area contributed by atoms with Crippen molar-refractivity contribution in [1.29, 1.82) is 0 Å². The highest BCUT2D eigenvalue weighted by atomic mass is 16.3. The first kappa shape index (κ1) is 10.2. The number of aliphatic imine (C=N–C) groups is 1. The Morgan fingerprint density at radius 1 is 1.33 bits per heavy atom. The zero-order chi connectivity index (χ0) is 10.5. The van der Waals surface area contributed by atoms with Gasteiger partial charge in [0.1, 0.15) is 0 Å². The summed E-state index contributed by atoms with van der Waals surface area (Å²) in [6, 6.07) is 9.95. The zero-order valence-electron chi connectivity index (χ0n) is 8.69. The van der Waals surface area contributed by atoms with Crippen molar-refractivity contribution in [2.75, 3.05) is 13.2 Å². The van der Waals surface area contributed by atoms with Gasteiger partial charge in [0.15, 0.2) is 0 Å². The molecule has 0 aromatic heterocycles. The number of amidine groups is 1. The molecule has 0 aliphatic carbocycles. The molecule has 1 aromatic rings. The van der Waals surface area contributed by atoms with Crippen LogP contribution >= 0.6 is 0 Å². The minimum absolute atomic E-state index is 0.0250. The second kappa shape index (κ2) is 4.94. The zero-order valence-corrected chi connectivity index (χ0v) is 8.69. The van der Waals surface area contributed by atoms with E-state index in [9.17, 15) is 5.11 Å². The third-order valence-electron chi connectivity index (χ3n) is 2.60. The lowest BCUT2D eigenvalue weighted by atomic mass is 10.1. The summed E-state index contributed by atoms with van der Waals surface area (Å²) in [4.78, 5) is 4.34. The van der Waals surface area contributed by atoms with E-state index in [1.54, 1.807) is 0 Å². The summed E-state index contributed by atoms with van der Waals surface area (Å²) >= 11 is 0. The van der Waals surface area contributed by atoms with Gasteiger partial charge in [-0.3, -0.25) is 4.99 Å². The summed E-state index contributed by atoms with van der Waals surface area (Å²) in [7, 11) is 0. The van der Waals surface area contributed by atoms with Crippen LogP contribution in [0.3, 0.4) is 0 Å². The van der Waals surface area contributed by atoms with Crippen LogP contribution in [0.4, 0.5) is 0 Å². The Morgan fingerprint density at radius 3 is 2.73 bits per heavy atom. The van der Waals surface area contributed by atoms with Crippen LogP contribution in [0.5, 0.6) is 0 Å². The Hall–Kier alpha value is -1.35. The van der Waals surface area contributed by atoms with Crippen molar-refractivity contribution in [2.24, 2.45) is 4.99 Å². The minimum atomic E-state index is -0.0250. The van der Waals surface area contributed by atoms with E-state index in [2.05, 4.69) is 10.3 Å². The molecule has 0 fully saturated rings. The standard InChI is InChI=1S/C12H16N2O/c15-9-11(10-5-2-1-3-6-10)14-12-7-4-8-13-12/h1-3,5-6,11,15H,4,7-9H2,(H,13,14). The third-order valence-corrected chi connectivity index (χ3v) is 2.60. The van der Waals surface area contributed by atoms with Crippen molar-refractivity contribution in [2.45, 2.75) is 18.9 Å². The average molecular weight is 204 g/mol. The maximum atomic E-state index is 9.32. The summed E-state index contributed by atoms with van der Waals surface area (Å²) in [6.07, 6.45) is 2.12. The maximum Gasteiger partial charge on any atom is 0.0969 e. The summed E-state index contributed by atoms with van der Waals surface area (Å²) in [6.45, 7) is 1.01. The molecule has 1 aliphatic heterocycles. The SMILES string of the molecule is OCC(NC1=NCCC1)c1ccccc1. The topological polar surface area (TPSA) is 44.6 Å². The monoisotopic (exact) mass is 204 g/mol. The average Bonchev–Trinajstić information content (AvgIpc) is 2.80. The quantitative estimate of drug-likeness (QED) is 0.783. The predicted molar refractivity (Wildman–Crippen MR) is 60.9 cm³/mol. The Balaban J connectivity index is 2.04. The molecule has 80 valence electrons. The van der Waals surface area contributed by atoms with Gasteiger partial charge in [0.25, 0.3) is 0 Å². The molecule has 2 rings (SSSR count). The van der Waals surface area contributed by atoms with E-state index in [-0.39, 0.29) is 12.6 Å². The molecule has 3 nitrogen and oxygen atoms in total. The highest BCUT2D eigenvalue weighted by Crippen LogP contribution is 2.13. The lowest BCUT2D eigenvalue weighted by molar-refractivity contribution is 0.257. The predicted octanol–water partition coefficient (Wildman–Crippen LogP) is 1.50. The molecule has 0 bridgehead atoms. The van der Waals surface area contributed by atoms with Gasteiger partial charge in [-0.05, 0) is 12.0 Å².